The first kappa shape index (κ1) is 16.8. The number of allylic oxidation sites excluding steroid dienone is 1. The van der Waals surface area contributed by atoms with E-state index in [-0.39, 0.29) is 11.7 Å². The van der Waals surface area contributed by atoms with Crippen LogP contribution < -0.4 is 5.32 Å². The number of halogens is 2. The summed E-state index contributed by atoms with van der Waals surface area (Å²) in [5, 5.41) is 11.9. The molecule has 1 heterocycles. The Labute approximate surface area is 146 Å². The van der Waals surface area contributed by atoms with Crippen LogP contribution in [0.3, 0.4) is 0 Å². The molecule has 3 nitrogen and oxygen atoms in total. The van der Waals surface area contributed by atoms with Crippen LogP contribution in [0.25, 0.3) is 5.57 Å². The third-order valence-electron chi connectivity index (χ3n) is 3.18. The molecule has 0 radical (unpaired) electrons. The molecule has 2 N–H and O–H groups in total. The SMILES string of the molecule is C/C=C1\C(=O)Nc2ccc(C)cc21.Oc1c(Br)cccc1Br. The Morgan fingerprint density at radius 2 is 1.77 bits per heavy atom. The molecule has 0 bridgehead atoms. The second-order valence-electron chi connectivity index (χ2n) is 4.78. The standard InChI is InChI=1S/C11H11NO.C6H4Br2O/c1-3-8-9-6-7(2)4-5-10(9)12-11(8)13;7-4-2-1-3-5(8)6(4)9/h3-6H,1-2H3,(H,12,13);1-3,9H/b8-3-;. The second-order valence-corrected chi connectivity index (χ2v) is 6.48. The number of phenolic OH excluding ortho intramolecular Hbond substituents is 1. The summed E-state index contributed by atoms with van der Waals surface area (Å²) in [5.74, 6) is 0.251. The minimum absolute atomic E-state index is 0.00287. The fraction of sp³-hybridized carbons (Fsp3) is 0.118. The molecule has 2 aromatic carbocycles. The van der Waals surface area contributed by atoms with Crippen LogP contribution in [0.4, 0.5) is 5.69 Å². The third-order valence-corrected chi connectivity index (χ3v) is 4.46. The number of rotatable bonds is 0. The van der Waals surface area contributed by atoms with Crippen LogP contribution in [-0.4, -0.2) is 11.0 Å². The first-order chi connectivity index (χ1) is 10.4. The van der Waals surface area contributed by atoms with Crippen LogP contribution >= 0.6 is 31.9 Å². The Hall–Kier alpha value is -1.59. The zero-order valence-corrected chi connectivity index (χ0v) is 15.3. The van der Waals surface area contributed by atoms with Crippen molar-refractivity contribution in [1.29, 1.82) is 0 Å². The molecule has 0 saturated carbocycles. The van der Waals surface area contributed by atoms with Crippen LogP contribution in [0.1, 0.15) is 18.1 Å². The Morgan fingerprint density at radius 3 is 2.32 bits per heavy atom. The van der Waals surface area contributed by atoms with Gasteiger partial charge in [0.15, 0.2) is 0 Å². The van der Waals surface area contributed by atoms with Gasteiger partial charge in [-0.25, -0.2) is 0 Å². The number of amides is 1. The minimum Gasteiger partial charge on any atom is -0.506 e. The molecule has 2 aromatic rings. The van der Waals surface area contributed by atoms with Crippen LogP contribution in [0.2, 0.25) is 0 Å². The molecule has 0 atom stereocenters. The van der Waals surface area contributed by atoms with Gasteiger partial charge in [-0.15, -0.1) is 0 Å². The maximum Gasteiger partial charge on any atom is 0.256 e. The largest absolute Gasteiger partial charge is 0.506 e. The topological polar surface area (TPSA) is 49.3 Å². The van der Waals surface area contributed by atoms with Crippen molar-refractivity contribution in [3.8, 4) is 5.75 Å². The summed E-state index contributed by atoms with van der Waals surface area (Å²) in [7, 11) is 0. The molecule has 3 rings (SSSR count). The molecule has 1 aliphatic heterocycles. The molecule has 5 heteroatoms. The number of para-hydroxylation sites is 1. The van der Waals surface area contributed by atoms with Crippen molar-refractivity contribution in [2.75, 3.05) is 5.32 Å². The molecule has 0 saturated heterocycles. The third kappa shape index (κ3) is 3.59. The van der Waals surface area contributed by atoms with Gasteiger partial charge in [0.1, 0.15) is 5.75 Å². The Balaban J connectivity index is 0.000000172. The number of hydrogen-bond donors (Lipinski definition) is 2. The summed E-state index contributed by atoms with van der Waals surface area (Å²) >= 11 is 6.33. The van der Waals surface area contributed by atoms with E-state index < -0.39 is 0 Å². The van der Waals surface area contributed by atoms with E-state index in [1.807, 2.05) is 44.2 Å². The minimum atomic E-state index is 0.00287. The number of aromatic hydroxyl groups is 1. The van der Waals surface area contributed by atoms with Gasteiger partial charge in [-0.1, -0.05) is 23.8 Å². The molecule has 114 valence electrons. The summed E-state index contributed by atoms with van der Waals surface area (Å²) in [4.78, 5) is 11.4. The van der Waals surface area contributed by atoms with Crippen molar-refractivity contribution in [3.63, 3.8) is 0 Å². The van der Waals surface area contributed by atoms with Gasteiger partial charge < -0.3 is 10.4 Å². The molecule has 0 unspecified atom stereocenters. The predicted octanol–water partition coefficient (Wildman–Crippen LogP) is 5.27. The van der Waals surface area contributed by atoms with Gasteiger partial charge >= 0.3 is 0 Å². The van der Waals surface area contributed by atoms with Gasteiger partial charge in [0.2, 0.25) is 0 Å². The molecule has 1 aliphatic rings. The van der Waals surface area contributed by atoms with E-state index in [2.05, 4.69) is 37.2 Å². The maximum atomic E-state index is 11.4. The van der Waals surface area contributed by atoms with E-state index in [1.165, 1.54) is 5.56 Å². The van der Waals surface area contributed by atoms with Gasteiger partial charge in [-0.2, -0.15) is 0 Å². The number of aryl methyl sites for hydroxylation is 1. The molecule has 0 aliphatic carbocycles. The Bertz CT molecular complexity index is 734. The van der Waals surface area contributed by atoms with E-state index in [9.17, 15) is 4.79 Å². The van der Waals surface area contributed by atoms with Crippen molar-refractivity contribution in [2.45, 2.75) is 13.8 Å². The molecule has 0 aromatic heterocycles. The highest BCUT2D eigenvalue weighted by atomic mass is 79.9. The number of fused-ring (bicyclic) bond motifs is 1. The van der Waals surface area contributed by atoms with E-state index >= 15 is 0 Å². The number of phenols is 1. The fourth-order valence-electron chi connectivity index (χ4n) is 2.08. The lowest BCUT2D eigenvalue weighted by Crippen LogP contribution is -2.03. The van der Waals surface area contributed by atoms with Crippen molar-refractivity contribution in [2.24, 2.45) is 0 Å². The molecule has 0 spiro atoms. The predicted molar refractivity (Wildman–Crippen MR) is 97.0 cm³/mol. The van der Waals surface area contributed by atoms with Crippen LogP contribution in [0.15, 0.2) is 51.4 Å². The van der Waals surface area contributed by atoms with Gasteiger partial charge in [0, 0.05) is 16.8 Å². The van der Waals surface area contributed by atoms with E-state index in [4.69, 9.17) is 5.11 Å². The summed E-state index contributed by atoms with van der Waals surface area (Å²) in [6.07, 6.45) is 1.85. The Kier molecular flexibility index (Phi) is 5.42. The van der Waals surface area contributed by atoms with Gasteiger partial charge in [0.25, 0.3) is 5.91 Å². The number of carbonyl (C=O) groups excluding carboxylic acids is 1. The zero-order valence-electron chi connectivity index (χ0n) is 12.2. The van der Waals surface area contributed by atoms with Crippen LogP contribution in [0.5, 0.6) is 5.75 Å². The van der Waals surface area contributed by atoms with Crippen LogP contribution in [0, 0.1) is 6.92 Å². The summed E-state index contributed by atoms with van der Waals surface area (Å²) in [6, 6.07) is 11.4. The van der Waals surface area contributed by atoms with Gasteiger partial charge in [-0.3, -0.25) is 4.79 Å². The van der Waals surface area contributed by atoms with Crippen molar-refractivity contribution >= 4 is 49.0 Å². The quantitative estimate of drug-likeness (QED) is 0.566. The smallest absolute Gasteiger partial charge is 0.256 e. The van der Waals surface area contributed by atoms with Crippen LogP contribution in [-0.2, 0) is 4.79 Å². The second kappa shape index (κ2) is 7.11. The molecule has 22 heavy (non-hydrogen) atoms. The van der Waals surface area contributed by atoms with Gasteiger partial charge in [0.05, 0.1) is 8.95 Å². The highest BCUT2D eigenvalue weighted by Crippen LogP contribution is 2.32. The molecule has 1 amide bonds. The summed E-state index contributed by atoms with van der Waals surface area (Å²) < 4.78 is 1.41. The van der Waals surface area contributed by atoms with Gasteiger partial charge in [-0.05, 0) is 70.0 Å². The lowest BCUT2D eigenvalue weighted by molar-refractivity contribution is -0.110. The van der Waals surface area contributed by atoms with E-state index in [1.54, 1.807) is 12.1 Å². The van der Waals surface area contributed by atoms with Crippen molar-refractivity contribution in [3.05, 3.63) is 62.5 Å². The number of hydrogen-bond acceptors (Lipinski definition) is 2. The normalized spacial score (nSPS) is 14.2. The maximum absolute atomic E-state index is 11.4. The number of nitrogens with one attached hydrogen (secondary N) is 1. The lowest BCUT2D eigenvalue weighted by atomic mass is 10.0. The molecular weight excluding hydrogens is 410 g/mol. The van der Waals surface area contributed by atoms with Crippen molar-refractivity contribution < 1.29 is 9.90 Å². The van der Waals surface area contributed by atoms with E-state index in [0.29, 0.717) is 8.95 Å². The number of benzene rings is 2. The first-order valence-electron chi connectivity index (χ1n) is 6.65. The summed E-state index contributed by atoms with van der Waals surface area (Å²) in [6.45, 7) is 3.91. The monoisotopic (exact) mass is 423 g/mol. The number of carbonyl (C=O) groups is 1. The average Bonchev–Trinajstić information content (AvgIpc) is 2.80. The highest BCUT2D eigenvalue weighted by Gasteiger charge is 2.22. The lowest BCUT2D eigenvalue weighted by Gasteiger charge is -1.98. The molecule has 0 fully saturated rings. The van der Waals surface area contributed by atoms with Crippen molar-refractivity contribution in [1.82, 2.24) is 0 Å². The van der Waals surface area contributed by atoms with E-state index in [0.717, 1.165) is 16.8 Å². The zero-order chi connectivity index (χ0) is 16.3. The first-order valence-corrected chi connectivity index (χ1v) is 8.24. The Morgan fingerprint density at radius 1 is 1.14 bits per heavy atom. The molecular formula is C17H15Br2NO2. The number of anilines is 1. The average molecular weight is 425 g/mol. The summed E-state index contributed by atoms with van der Waals surface area (Å²) in [5.41, 5.74) is 3.89. The fourth-order valence-corrected chi connectivity index (χ4v) is 3.08. The highest BCUT2D eigenvalue weighted by molar-refractivity contribution is 9.11.